The van der Waals surface area contributed by atoms with Crippen molar-refractivity contribution >= 4 is 51.7 Å². The Balaban J connectivity index is 0.000000432. The minimum atomic E-state index is -2.27. The van der Waals surface area contributed by atoms with Crippen molar-refractivity contribution in [2.24, 2.45) is 0 Å². The van der Waals surface area contributed by atoms with Gasteiger partial charge in [0, 0.05) is 38.9 Å². The number of carbonyl (C=O) groups is 2. The molecule has 0 bridgehead atoms. The number of benzene rings is 1. The Morgan fingerprint density at radius 3 is 2.26 bits per heavy atom. The van der Waals surface area contributed by atoms with Gasteiger partial charge in [0.05, 0.1) is 12.8 Å². The number of nitrogens with zero attached hydrogens (tertiary/aromatic N) is 5. The lowest BCUT2D eigenvalue weighted by molar-refractivity contribution is -0.392. The van der Waals surface area contributed by atoms with Gasteiger partial charge in [-0.1, -0.05) is 36.1 Å². The van der Waals surface area contributed by atoms with E-state index in [4.69, 9.17) is 37.4 Å². The van der Waals surface area contributed by atoms with Crippen LogP contribution in [-0.4, -0.2) is 107 Å². The Bertz CT molecular complexity index is 1120. The maximum absolute atomic E-state index is 11.1. The van der Waals surface area contributed by atoms with Gasteiger partial charge in [-0.25, -0.2) is 19.1 Å². The molecule has 4 N–H and O–H groups in total. The molecule has 2 unspecified atom stereocenters. The molecule has 3 rings (SSSR count). The van der Waals surface area contributed by atoms with Crippen molar-refractivity contribution in [2.45, 2.75) is 25.7 Å². The predicted octanol–water partition coefficient (Wildman–Crippen LogP) is 0.826. The van der Waals surface area contributed by atoms with Crippen molar-refractivity contribution in [3.05, 3.63) is 46.4 Å². The fraction of sp³-hybridized carbons (Fsp3) is 0.455. The second-order valence-electron chi connectivity index (χ2n) is 7.90. The highest BCUT2D eigenvalue weighted by Gasteiger charge is 2.29. The van der Waals surface area contributed by atoms with Crippen LogP contribution in [0.4, 0.5) is 11.5 Å². The zero-order chi connectivity index (χ0) is 28.4. The molecule has 0 saturated carbocycles. The first-order valence-electron chi connectivity index (χ1n) is 11.3. The lowest BCUT2D eigenvalue weighted by Crippen LogP contribution is -2.47. The molecule has 1 aromatic carbocycles. The number of aromatic nitrogens is 2. The van der Waals surface area contributed by atoms with Crippen LogP contribution in [0.15, 0.2) is 30.5 Å². The highest BCUT2D eigenvalue weighted by Crippen LogP contribution is 2.28. The maximum Gasteiger partial charge on any atom is 0.342 e. The summed E-state index contributed by atoms with van der Waals surface area (Å²) in [5.41, 5.74) is 1.10. The number of carboxylic acids is 2. The number of aliphatic hydroxyl groups excluding tert-OH is 2. The van der Waals surface area contributed by atoms with Crippen LogP contribution in [-0.2, 0) is 16.1 Å². The quantitative estimate of drug-likeness (QED) is 0.188. The number of imidazole rings is 1. The number of aryl methyl sites for hydroxylation is 1. The topological polar surface area (TPSA) is 192 Å². The number of ether oxygens (including phenoxy) is 1. The summed E-state index contributed by atoms with van der Waals surface area (Å²) in [6.45, 7) is 5.70. The van der Waals surface area contributed by atoms with Crippen LogP contribution in [0.1, 0.15) is 5.82 Å². The van der Waals surface area contributed by atoms with Gasteiger partial charge >= 0.3 is 17.8 Å². The molecule has 16 heteroatoms. The summed E-state index contributed by atoms with van der Waals surface area (Å²) in [6.07, 6.45) is -3.23. The molecule has 0 aliphatic carbocycles. The molecule has 208 valence electrons. The monoisotopic (exact) mass is 571 g/mol. The van der Waals surface area contributed by atoms with Gasteiger partial charge in [0.1, 0.15) is 22.8 Å². The molecular weight excluding hydrogens is 542 g/mol. The average Bonchev–Trinajstić information content (AvgIpc) is 3.28. The molecule has 1 aromatic heterocycles. The summed E-state index contributed by atoms with van der Waals surface area (Å²) < 4.78 is 7.91. The number of thiocarbonyl (C=S) groups is 1. The van der Waals surface area contributed by atoms with Crippen molar-refractivity contribution in [1.82, 2.24) is 14.5 Å². The van der Waals surface area contributed by atoms with E-state index >= 15 is 0 Å². The molecule has 2 aromatic rings. The fourth-order valence-electron chi connectivity index (χ4n) is 3.48. The van der Waals surface area contributed by atoms with Gasteiger partial charge in [-0.05, 0) is 17.1 Å². The van der Waals surface area contributed by atoms with E-state index in [0.717, 1.165) is 41.9 Å². The van der Waals surface area contributed by atoms with E-state index in [1.165, 1.54) is 6.20 Å². The van der Waals surface area contributed by atoms with Gasteiger partial charge in [-0.3, -0.25) is 0 Å². The molecule has 1 aliphatic rings. The summed E-state index contributed by atoms with van der Waals surface area (Å²) >= 11 is 7.13. The molecule has 1 aliphatic heterocycles. The van der Waals surface area contributed by atoms with Gasteiger partial charge < -0.3 is 45.1 Å². The van der Waals surface area contributed by atoms with Crippen LogP contribution in [0.5, 0.6) is 5.75 Å². The number of thioether (sulfide) groups is 1. The van der Waals surface area contributed by atoms with Crippen LogP contribution in [0.2, 0.25) is 0 Å². The molecule has 2 heterocycles. The van der Waals surface area contributed by atoms with E-state index in [1.807, 2.05) is 18.2 Å². The highest BCUT2D eigenvalue weighted by molar-refractivity contribution is 8.22. The molecular formula is C22H29N5O9S2. The van der Waals surface area contributed by atoms with Gasteiger partial charge in [-0.2, -0.15) is 0 Å². The van der Waals surface area contributed by atoms with E-state index in [1.54, 1.807) is 30.4 Å². The number of rotatable bonds is 9. The smallest absolute Gasteiger partial charge is 0.342 e. The van der Waals surface area contributed by atoms with E-state index in [0.29, 0.717) is 18.1 Å². The third-order valence-corrected chi connectivity index (χ3v) is 7.03. The zero-order valence-electron chi connectivity index (χ0n) is 20.7. The molecule has 1 fully saturated rings. The maximum atomic E-state index is 11.1. The molecule has 1 saturated heterocycles. The number of aliphatic carboxylic acids is 2. The Morgan fingerprint density at radius 1 is 1.16 bits per heavy atom. The number of anilines is 1. The Kier molecular flexibility index (Phi) is 11.7. The summed E-state index contributed by atoms with van der Waals surface area (Å²) in [4.78, 5) is 38.7. The summed E-state index contributed by atoms with van der Waals surface area (Å²) in [6, 6.07) is 8.03. The summed E-state index contributed by atoms with van der Waals surface area (Å²) in [5.74, 6) is -1.32. The molecule has 0 radical (unpaired) electrons. The second-order valence-corrected chi connectivity index (χ2v) is 9.63. The number of nitro groups is 1. The Labute approximate surface area is 227 Å². The van der Waals surface area contributed by atoms with Crippen LogP contribution in [0, 0.1) is 17.0 Å². The number of aliphatic hydroxyl groups is 2. The van der Waals surface area contributed by atoms with E-state index in [9.17, 15) is 19.7 Å². The number of methoxy groups -OCH3 is 1. The lowest BCUT2D eigenvalue weighted by Gasteiger charge is -2.37. The number of hydrogen-bond donors (Lipinski definition) is 4. The molecule has 0 spiro atoms. The third-order valence-electron chi connectivity index (χ3n) is 5.53. The SMILES string of the molecule is COc1ccccc1N1CCN(C(=S)SCCn2c([N+](=O)[O-])cnc2C)CC1.O=C(O)C(O)C(O)C(=O)O. The minimum absolute atomic E-state index is 0.0226. The first-order chi connectivity index (χ1) is 18.0. The average molecular weight is 572 g/mol. The first kappa shape index (κ1) is 30.8. The van der Waals surface area contributed by atoms with Gasteiger partial charge in [0.2, 0.25) is 0 Å². The summed E-state index contributed by atoms with van der Waals surface area (Å²) in [5, 5.41) is 43.6. The first-order valence-corrected chi connectivity index (χ1v) is 12.6. The van der Waals surface area contributed by atoms with Crippen molar-refractivity contribution < 1.29 is 39.7 Å². The van der Waals surface area contributed by atoms with Crippen LogP contribution >= 0.6 is 24.0 Å². The Hall–Kier alpha value is -3.47. The minimum Gasteiger partial charge on any atom is -0.495 e. The predicted molar refractivity (Wildman–Crippen MR) is 143 cm³/mol. The number of hydrogen-bond acceptors (Lipinski definition) is 11. The fourth-order valence-corrected chi connectivity index (χ4v) is 4.73. The van der Waals surface area contributed by atoms with Crippen molar-refractivity contribution in [3.63, 3.8) is 0 Å². The van der Waals surface area contributed by atoms with E-state index in [2.05, 4.69) is 20.9 Å². The van der Waals surface area contributed by atoms with Crippen LogP contribution in [0.25, 0.3) is 0 Å². The molecule has 2 atom stereocenters. The van der Waals surface area contributed by atoms with Crippen LogP contribution in [0.3, 0.4) is 0 Å². The van der Waals surface area contributed by atoms with Gasteiger partial charge in [0.25, 0.3) is 0 Å². The third kappa shape index (κ3) is 8.27. The Morgan fingerprint density at radius 2 is 1.74 bits per heavy atom. The molecule has 0 amide bonds. The lowest BCUT2D eigenvalue weighted by atomic mass is 10.2. The van der Waals surface area contributed by atoms with Crippen LogP contribution < -0.4 is 9.64 Å². The van der Waals surface area contributed by atoms with Gasteiger partial charge in [-0.15, -0.1) is 0 Å². The van der Waals surface area contributed by atoms with E-state index in [-0.39, 0.29) is 5.82 Å². The number of carboxylic acid groups (broad SMARTS) is 2. The second kappa shape index (κ2) is 14.5. The van der Waals surface area contributed by atoms with Gasteiger partial charge in [0.15, 0.2) is 18.0 Å². The van der Waals surface area contributed by atoms with E-state index < -0.39 is 29.1 Å². The number of para-hydroxylation sites is 2. The largest absolute Gasteiger partial charge is 0.495 e. The molecule has 14 nitrogen and oxygen atoms in total. The van der Waals surface area contributed by atoms with Crippen molar-refractivity contribution in [1.29, 1.82) is 0 Å². The van der Waals surface area contributed by atoms with Crippen molar-refractivity contribution in [2.75, 3.05) is 43.9 Å². The van der Waals surface area contributed by atoms with Crippen molar-refractivity contribution in [3.8, 4) is 5.75 Å². The summed E-state index contributed by atoms with van der Waals surface area (Å²) in [7, 11) is 1.69. The zero-order valence-corrected chi connectivity index (χ0v) is 22.3. The molecule has 38 heavy (non-hydrogen) atoms. The normalized spacial score (nSPS) is 14.6. The highest BCUT2D eigenvalue weighted by atomic mass is 32.2. The standard InChI is InChI=1S/C18H23N5O3S2.C4H6O6/c1-14-19-13-17(23(24)25)22(14)11-12-28-18(27)21-9-7-20(8-10-21)15-5-3-4-6-16(15)26-2;5-1(3(7)8)2(6)4(9)10/h3-6,13H,7-12H2,1-2H3;1-2,5-6H,(H,7,8)(H,9,10). The number of piperazine rings is 1.